The fourth-order valence-electron chi connectivity index (χ4n) is 1.69. The minimum Gasteiger partial charge on any atom is -0.399 e. The van der Waals surface area contributed by atoms with E-state index in [1.54, 1.807) is 12.1 Å². The maximum Gasteiger partial charge on any atom is 0.494 e. The molecule has 0 radical (unpaired) electrons. The third-order valence-electron chi connectivity index (χ3n) is 3.55. The van der Waals surface area contributed by atoms with E-state index in [2.05, 4.69) is 0 Å². The van der Waals surface area contributed by atoms with Crippen molar-refractivity contribution in [2.24, 2.45) is 0 Å². The molecular weight excluding hydrogens is 255 g/mol. The Morgan fingerprint density at radius 3 is 2.06 bits per heavy atom. The van der Waals surface area contributed by atoms with Crippen molar-refractivity contribution in [1.29, 1.82) is 0 Å². The highest BCUT2D eigenvalue weighted by Crippen LogP contribution is 2.36. The second kappa shape index (κ2) is 4.72. The lowest BCUT2D eigenvalue weighted by Gasteiger charge is -2.32. The van der Waals surface area contributed by atoms with Crippen molar-refractivity contribution < 1.29 is 13.7 Å². The Hall–Kier alpha value is -0.775. The Morgan fingerprint density at radius 2 is 1.61 bits per heavy atom. The molecule has 0 bridgehead atoms. The molecule has 1 aromatic carbocycles. The molecule has 1 aliphatic heterocycles. The largest absolute Gasteiger partial charge is 0.494 e. The van der Waals surface area contributed by atoms with Crippen LogP contribution in [0.4, 0.5) is 10.1 Å². The summed E-state index contributed by atoms with van der Waals surface area (Å²) in [6, 6.07) is 4.51. The smallest absolute Gasteiger partial charge is 0.399 e. The third kappa shape index (κ3) is 2.48. The Kier molecular flexibility index (Phi) is 4.01. The lowest BCUT2D eigenvalue weighted by molar-refractivity contribution is 0.00578. The fraction of sp³-hybridized carbons (Fsp3) is 0.500. The van der Waals surface area contributed by atoms with Gasteiger partial charge in [0.25, 0.3) is 0 Å². The maximum absolute atomic E-state index is 13.1. The summed E-state index contributed by atoms with van der Waals surface area (Å²) in [6.45, 7) is 7.89. The first-order valence-electron chi connectivity index (χ1n) is 5.63. The molecule has 2 rings (SSSR count). The van der Waals surface area contributed by atoms with Crippen LogP contribution in [0.25, 0.3) is 0 Å². The van der Waals surface area contributed by atoms with Crippen molar-refractivity contribution in [3.05, 3.63) is 24.0 Å². The Labute approximate surface area is 113 Å². The van der Waals surface area contributed by atoms with E-state index in [1.807, 2.05) is 27.7 Å². The van der Waals surface area contributed by atoms with Gasteiger partial charge in [-0.25, -0.2) is 4.39 Å². The zero-order valence-electron chi connectivity index (χ0n) is 11.0. The van der Waals surface area contributed by atoms with Crippen LogP contribution < -0.4 is 11.2 Å². The summed E-state index contributed by atoms with van der Waals surface area (Å²) in [6.07, 6.45) is 0. The van der Waals surface area contributed by atoms with Crippen LogP contribution in [0.2, 0.25) is 0 Å². The summed E-state index contributed by atoms with van der Waals surface area (Å²) in [5.41, 5.74) is 5.58. The van der Waals surface area contributed by atoms with Gasteiger partial charge in [0.1, 0.15) is 5.82 Å². The Bertz CT molecular complexity index is 438. The van der Waals surface area contributed by atoms with Crippen LogP contribution in [0.15, 0.2) is 18.2 Å². The van der Waals surface area contributed by atoms with Crippen molar-refractivity contribution in [2.45, 2.75) is 38.9 Å². The van der Waals surface area contributed by atoms with Crippen molar-refractivity contribution in [2.75, 3.05) is 5.73 Å². The van der Waals surface area contributed by atoms with Crippen LogP contribution in [-0.2, 0) is 9.31 Å². The molecule has 0 aromatic heterocycles. The number of hydrogen-bond donors (Lipinski definition) is 1. The van der Waals surface area contributed by atoms with Crippen LogP contribution in [0.5, 0.6) is 0 Å². The van der Waals surface area contributed by atoms with E-state index in [-0.39, 0.29) is 18.1 Å². The maximum atomic E-state index is 13.1. The van der Waals surface area contributed by atoms with Gasteiger partial charge in [-0.2, -0.15) is 0 Å². The van der Waals surface area contributed by atoms with Gasteiger partial charge in [-0.05, 0) is 45.3 Å². The van der Waals surface area contributed by atoms with Gasteiger partial charge < -0.3 is 15.0 Å². The predicted octanol–water partition coefficient (Wildman–Crippen LogP) is 2.13. The molecule has 1 saturated heterocycles. The first kappa shape index (κ1) is 15.3. The zero-order chi connectivity index (χ0) is 12.8. The number of anilines is 1. The number of nitrogen functional groups attached to an aromatic ring is 1. The molecular formula is C12H18BClFNO2. The minimum absolute atomic E-state index is 0. The zero-order valence-corrected chi connectivity index (χ0v) is 11.8. The van der Waals surface area contributed by atoms with E-state index < -0.39 is 24.1 Å². The Morgan fingerprint density at radius 1 is 1.11 bits per heavy atom. The average Bonchev–Trinajstić information content (AvgIpc) is 2.41. The highest BCUT2D eigenvalue weighted by atomic mass is 35.5. The number of halogens is 2. The van der Waals surface area contributed by atoms with Gasteiger partial charge in [0, 0.05) is 0 Å². The predicted molar refractivity (Wildman–Crippen MR) is 73.8 cm³/mol. The highest BCUT2D eigenvalue weighted by molar-refractivity contribution is 6.62. The number of nitrogens with two attached hydrogens (primary N) is 1. The summed E-state index contributed by atoms with van der Waals surface area (Å²) in [4.78, 5) is 0. The van der Waals surface area contributed by atoms with Gasteiger partial charge in [0.05, 0.1) is 16.9 Å². The van der Waals surface area contributed by atoms with E-state index >= 15 is 0 Å². The number of rotatable bonds is 1. The molecule has 1 fully saturated rings. The number of benzene rings is 1. The molecule has 1 aromatic rings. The minimum atomic E-state index is -0.497. The SMILES string of the molecule is CC1(C)OB(c2ccc(F)c(N)c2)OC1(C)C.Cl. The quantitative estimate of drug-likeness (QED) is 0.630. The van der Waals surface area contributed by atoms with Gasteiger partial charge in [0.15, 0.2) is 0 Å². The molecule has 1 heterocycles. The van der Waals surface area contributed by atoms with Crippen LogP contribution in [-0.4, -0.2) is 18.3 Å². The normalized spacial score (nSPS) is 20.6. The second-order valence-corrected chi connectivity index (χ2v) is 5.37. The summed E-state index contributed by atoms with van der Waals surface area (Å²) in [7, 11) is -0.497. The van der Waals surface area contributed by atoms with Crippen molar-refractivity contribution in [3.63, 3.8) is 0 Å². The molecule has 100 valence electrons. The summed E-state index contributed by atoms with van der Waals surface area (Å²) >= 11 is 0. The summed E-state index contributed by atoms with van der Waals surface area (Å²) in [5.74, 6) is -0.426. The van der Waals surface area contributed by atoms with Crippen molar-refractivity contribution in [1.82, 2.24) is 0 Å². The average molecular weight is 274 g/mol. The molecule has 0 atom stereocenters. The molecule has 0 unspecified atom stereocenters. The van der Waals surface area contributed by atoms with Gasteiger partial charge in [0.2, 0.25) is 0 Å². The van der Waals surface area contributed by atoms with Crippen LogP contribution in [0.1, 0.15) is 27.7 Å². The van der Waals surface area contributed by atoms with Gasteiger partial charge >= 0.3 is 7.12 Å². The molecule has 0 saturated carbocycles. The van der Waals surface area contributed by atoms with Crippen molar-refractivity contribution in [3.8, 4) is 0 Å². The standard InChI is InChI=1S/C12H17BFNO2.ClH/c1-11(2)12(3,4)17-13(16-11)8-5-6-9(14)10(15)7-8;/h5-7H,15H2,1-4H3;1H. The van der Waals surface area contributed by atoms with Crippen molar-refractivity contribution >= 4 is 30.7 Å². The molecule has 0 aliphatic carbocycles. The summed E-state index contributed by atoms with van der Waals surface area (Å²) in [5, 5.41) is 0. The highest BCUT2D eigenvalue weighted by Gasteiger charge is 2.51. The molecule has 0 spiro atoms. The molecule has 18 heavy (non-hydrogen) atoms. The summed E-state index contributed by atoms with van der Waals surface area (Å²) < 4.78 is 24.8. The molecule has 6 heteroatoms. The Balaban J connectivity index is 0.00000162. The van der Waals surface area contributed by atoms with Gasteiger partial charge in [-0.1, -0.05) is 6.07 Å². The fourth-order valence-corrected chi connectivity index (χ4v) is 1.69. The molecule has 1 aliphatic rings. The van der Waals surface area contributed by atoms with Gasteiger partial charge in [-0.3, -0.25) is 0 Å². The van der Waals surface area contributed by atoms with E-state index in [9.17, 15) is 4.39 Å². The third-order valence-corrected chi connectivity index (χ3v) is 3.55. The molecule has 3 nitrogen and oxygen atoms in total. The molecule has 2 N–H and O–H groups in total. The first-order chi connectivity index (χ1) is 7.73. The first-order valence-corrected chi connectivity index (χ1v) is 5.63. The monoisotopic (exact) mass is 273 g/mol. The molecule has 0 amide bonds. The van der Waals surface area contributed by atoms with Crippen LogP contribution in [0.3, 0.4) is 0 Å². The second-order valence-electron chi connectivity index (χ2n) is 5.37. The van der Waals surface area contributed by atoms with E-state index in [1.165, 1.54) is 6.07 Å². The van der Waals surface area contributed by atoms with Crippen LogP contribution in [0, 0.1) is 5.82 Å². The van der Waals surface area contributed by atoms with E-state index in [4.69, 9.17) is 15.0 Å². The van der Waals surface area contributed by atoms with Gasteiger partial charge in [-0.15, -0.1) is 12.4 Å². The van der Waals surface area contributed by atoms with E-state index in [0.717, 1.165) is 5.46 Å². The number of hydrogen-bond acceptors (Lipinski definition) is 3. The topological polar surface area (TPSA) is 44.5 Å². The lowest BCUT2D eigenvalue weighted by Crippen LogP contribution is -2.41. The van der Waals surface area contributed by atoms with E-state index in [0.29, 0.717) is 0 Å². The lowest BCUT2D eigenvalue weighted by atomic mass is 9.79. The van der Waals surface area contributed by atoms with Crippen LogP contribution >= 0.6 is 12.4 Å².